The van der Waals surface area contributed by atoms with Crippen LogP contribution in [0.2, 0.25) is 0 Å². The summed E-state index contributed by atoms with van der Waals surface area (Å²) in [5, 5.41) is 19.0. The molecule has 194 valence electrons. The molecule has 1 saturated carbocycles. The SMILES string of the molecule is C=C1CCC(C(=O)Nc2cccc(Nc3cc4ccccc4c(Nc4ccc(-c5cn[nH]c5)cc4)n3)c2)CC1. The minimum atomic E-state index is 0.0386. The zero-order chi connectivity index (χ0) is 26.6. The Hall–Kier alpha value is -4.91. The highest BCUT2D eigenvalue weighted by atomic mass is 16.1. The molecule has 0 unspecified atom stereocenters. The van der Waals surface area contributed by atoms with E-state index in [-0.39, 0.29) is 11.8 Å². The lowest BCUT2D eigenvalue weighted by atomic mass is 9.86. The fourth-order valence-corrected chi connectivity index (χ4v) is 5.00. The number of H-pyrrole nitrogens is 1. The van der Waals surface area contributed by atoms with Crippen molar-refractivity contribution in [3.05, 3.63) is 103 Å². The summed E-state index contributed by atoms with van der Waals surface area (Å²) in [7, 11) is 0. The van der Waals surface area contributed by atoms with E-state index in [4.69, 9.17) is 4.98 Å². The maximum absolute atomic E-state index is 12.8. The average Bonchev–Trinajstić information content (AvgIpc) is 3.49. The summed E-state index contributed by atoms with van der Waals surface area (Å²) in [6, 6.07) is 26.1. The van der Waals surface area contributed by atoms with Crippen LogP contribution in [0.15, 0.2) is 103 Å². The van der Waals surface area contributed by atoms with Gasteiger partial charge in [-0.1, -0.05) is 54.6 Å². The van der Waals surface area contributed by atoms with E-state index in [0.717, 1.165) is 70.5 Å². The van der Waals surface area contributed by atoms with Crippen LogP contribution in [0.25, 0.3) is 21.9 Å². The second-order valence-electron chi connectivity index (χ2n) is 9.99. The first-order chi connectivity index (χ1) is 19.1. The minimum absolute atomic E-state index is 0.0386. The van der Waals surface area contributed by atoms with Crippen molar-refractivity contribution in [2.75, 3.05) is 16.0 Å². The summed E-state index contributed by atoms with van der Waals surface area (Å²) in [5.74, 6) is 1.58. The topological polar surface area (TPSA) is 94.7 Å². The third kappa shape index (κ3) is 5.67. The highest BCUT2D eigenvalue weighted by Crippen LogP contribution is 2.31. The monoisotopic (exact) mass is 514 g/mol. The molecule has 1 amide bonds. The number of fused-ring (bicyclic) bond motifs is 1. The molecule has 0 aliphatic heterocycles. The lowest BCUT2D eigenvalue weighted by Crippen LogP contribution is -2.25. The van der Waals surface area contributed by atoms with Crippen molar-refractivity contribution in [1.29, 1.82) is 0 Å². The van der Waals surface area contributed by atoms with Crippen molar-refractivity contribution in [2.24, 2.45) is 5.92 Å². The Bertz CT molecular complexity index is 1610. The van der Waals surface area contributed by atoms with Crippen LogP contribution in [0, 0.1) is 5.92 Å². The summed E-state index contributed by atoms with van der Waals surface area (Å²) in [6.45, 7) is 4.05. The van der Waals surface area contributed by atoms with Gasteiger partial charge in [0.1, 0.15) is 11.6 Å². The minimum Gasteiger partial charge on any atom is -0.340 e. The molecule has 3 aromatic carbocycles. The van der Waals surface area contributed by atoms with Gasteiger partial charge in [-0.25, -0.2) is 4.98 Å². The van der Waals surface area contributed by atoms with E-state index in [0.29, 0.717) is 5.82 Å². The van der Waals surface area contributed by atoms with Crippen LogP contribution in [0.5, 0.6) is 0 Å². The third-order valence-electron chi connectivity index (χ3n) is 7.19. The van der Waals surface area contributed by atoms with Crippen LogP contribution >= 0.6 is 0 Å². The zero-order valence-electron chi connectivity index (χ0n) is 21.6. The molecule has 1 fully saturated rings. The smallest absolute Gasteiger partial charge is 0.227 e. The number of nitrogens with one attached hydrogen (secondary N) is 4. The molecule has 7 nitrogen and oxygen atoms in total. The molecule has 2 aromatic heterocycles. The third-order valence-corrected chi connectivity index (χ3v) is 7.19. The fourth-order valence-electron chi connectivity index (χ4n) is 5.00. The van der Waals surface area contributed by atoms with Crippen LogP contribution < -0.4 is 16.0 Å². The maximum Gasteiger partial charge on any atom is 0.227 e. The number of amides is 1. The standard InChI is InChI=1S/C32H30N6O/c1-21-9-11-23(12-10-21)32(39)37-28-7-4-6-27(18-28)35-30-17-24-5-2-3-8-29(24)31(38-30)36-26-15-13-22(14-16-26)25-19-33-34-20-25/h2-8,13-20,23H,1,9-12H2,(H,33,34)(H,37,39)(H2,35,36,38). The zero-order valence-corrected chi connectivity index (χ0v) is 21.6. The second kappa shape index (κ2) is 10.8. The Labute approximate surface area is 227 Å². The number of hydrogen-bond acceptors (Lipinski definition) is 5. The highest BCUT2D eigenvalue weighted by Gasteiger charge is 2.22. The molecule has 4 N–H and O–H groups in total. The second-order valence-corrected chi connectivity index (χ2v) is 9.99. The van der Waals surface area contributed by atoms with Crippen LogP contribution in [0.4, 0.5) is 28.7 Å². The van der Waals surface area contributed by atoms with Gasteiger partial charge >= 0.3 is 0 Å². The molecular formula is C32H30N6O. The Morgan fingerprint density at radius 1 is 0.846 bits per heavy atom. The molecule has 0 bridgehead atoms. The van der Waals surface area contributed by atoms with Gasteiger partial charge in [0.05, 0.1) is 6.20 Å². The van der Waals surface area contributed by atoms with Crippen molar-refractivity contribution in [2.45, 2.75) is 25.7 Å². The highest BCUT2D eigenvalue weighted by molar-refractivity contribution is 5.96. The van der Waals surface area contributed by atoms with E-state index in [1.807, 2.05) is 60.8 Å². The van der Waals surface area contributed by atoms with Crippen molar-refractivity contribution >= 4 is 45.4 Å². The van der Waals surface area contributed by atoms with Crippen molar-refractivity contribution in [1.82, 2.24) is 15.2 Å². The van der Waals surface area contributed by atoms with Gasteiger partial charge in [-0.05, 0) is 73.0 Å². The Morgan fingerprint density at radius 3 is 2.44 bits per heavy atom. The van der Waals surface area contributed by atoms with E-state index in [9.17, 15) is 4.79 Å². The number of anilines is 5. The summed E-state index contributed by atoms with van der Waals surface area (Å²) in [5.41, 5.74) is 5.93. The summed E-state index contributed by atoms with van der Waals surface area (Å²) in [4.78, 5) is 17.7. The molecule has 0 atom stereocenters. The van der Waals surface area contributed by atoms with Crippen LogP contribution in [-0.2, 0) is 4.79 Å². The Kier molecular flexibility index (Phi) is 6.78. The molecule has 2 heterocycles. The normalized spacial score (nSPS) is 13.8. The first-order valence-corrected chi connectivity index (χ1v) is 13.2. The van der Waals surface area contributed by atoms with Crippen LogP contribution in [0.1, 0.15) is 25.7 Å². The number of carbonyl (C=O) groups excluding carboxylic acids is 1. The van der Waals surface area contributed by atoms with Gasteiger partial charge in [0.25, 0.3) is 0 Å². The molecular weight excluding hydrogens is 484 g/mol. The van der Waals surface area contributed by atoms with Gasteiger partial charge in [0.15, 0.2) is 0 Å². The number of allylic oxidation sites excluding steroid dienone is 1. The molecule has 5 aromatic rings. The Balaban J connectivity index is 1.21. The number of hydrogen-bond donors (Lipinski definition) is 4. The fraction of sp³-hybridized carbons (Fsp3) is 0.156. The quantitative estimate of drug-likeness (QED) is 0.166. The number of rotatable bonds is 7. The van der Waals surface area contributed by atoms with Crippen molar-refractivity contribution in [3.8, 4) is 11.1 Å². The van der Waals surface area contributed by atoms with Gasteiger partial charge in [0, 0.05) is 40.1 Å². The number of pyridine rings is 1. The predicted octanol–water partition coefficient (Wildman–Crippen LogP) is 7.80. The van der Waals surface area contributed by atoms with Crippen molar-refractivity contribution < 1.29 is 4.79 Å². The lowest BCUT2D eigenvalue weighted by molar-refractivity contribution is -0.120. The van der Waals surface area contributed by atoms with Gasteiger partial charge in [-0.15, -0.1) is 0 Å². The molecule has 39 heavy (non-hydrogen) atoms. The van der Waals surface area contributed by atoms with E-state index in [2.05, 4.69) is 57.0 Å². The van der Waals surface area contributed by atoms with Gasteiger partial charge in [-0.2, -0.15) is 5.10 Å². The van der Waals surface area contributed by atoms with Gasteiger partial charge in [0.2, 0.25) is 5.91 Å². The maximum atomic E-state index is 12.8. The number of carbonyl (C=O) groups is 1. The molecule has 6 rings (SSSR count). The molecule has 1 aliphatic carbocycles. The average molecular weight is 515 g/mol. The summed E-state index contributed by atoms with van der Waals surface area (Å²) in [6.07, 6.45) is 7.27. The first kappa shape index (κ1) is 24.4. The molecule has 0 saturated heterocycles. The van der Waals surface area contributed by atoms with Crippen LogP contribution in [-0.4, -0.2) is 21.1 Å². The number of aromatic amines is 1. The number of benzene rings is 3. The van der Waals surface area contributed by atoms with E-state index >= 15 is 0 Å². The van der Waals surface area contributed by atoms with Crippen LogP contribution in [0.3, 0.4) is 0 Å². The van der Waals surface area contributed by atoms with E-state index in [1.54, 1.807) is 6.20 Å². The Morgan fingerprint density at radius 2 is 1.64 bits per heavy atom. The largest absolute Gasteiger partial charge is 0.340 e. The molecule has 0 spiro atoms. The van der Waals surface area contributed by atoms with E-state index < -0.39 is 0 Å². The van der Waals surface area contributed by atoms with Gasteiger partial charge < -0.3 is 16.0 Å². The molecule has 0 radical (unpaired) electrons. The predicted molar refractivity (Wildman–Crippen MR) is 159 cm³/mol. The van der Waals surface area contributed by atoms with E-state index in [1.165, 1.54) is 5.57 Å². The summed E-state index contributed by atoms with van der Waals surface area (Å²) >= 11 is 0. The molecule has 1 aliphatic rings. The number of aromatic nitrogens is 3. The van der Waals surface area contributed by atoms with Crippen molar-refractivity contribution in [3.63, 3.8) is 0 Å². The number of nitrogens with zero attached hydrogens (tertiary/aromatic N) is 2. The van der Waals surface area contributed by atoms with Gasteiger partial charge in [-0.3, -0.25) is 9.89 Å². The lowest BCUT2D eigenvalue weighted by Gasteiger charge is -2.22. The summed E-state index contributed by atoms with van der Waals surface area (Å²) < 4.78 is 0. The molecule has 7 heteroatoms. The first-order valence-electron chi connectivity index (χ1n) is 13.2.